The lowest BCUT2D eigenvalue weighted by Gasteiger charge is -2.34. The maximum Gasteiger partial charge on any atom is 0.0779 e. The predicted octanol–water partition coefficient (Wildman–Crippen LogP) is 2.85. The van der Waals surface area contributed by atoms with E-state index in [4.69, 9.17) is 12.2 Å². The molecule has 0 unspecified atom stereocenters. The molecule has 2 heteroatoms. The molecule has 1 fully saturated rings. The molecule has 12 heavy (non-hydrogen) atoms. The van der Waals surface area contributed by atoms with Gasteiger partial charge in [0.05, 0.1) is 4.99 Å². The van der Waals surface area contributed by atoms with Crippen LogP contribution in [0.5, 0.6) is 0 Å². The molecule has 1 heterocycles. The molecule has 0 saturated carbocycles. The SMILES string of the molecule is CC(C)(C)CCC(=S)N1CCC1. The van der Waals surface area contributed by atoms with Gasteiger partial charge in [-0.3, -0.25) is 0 Å². The van der Waals surface area contributed by atoms with Crippen molar-refractivity contribution >= 4 is 17.2 Å². The van der Waals surface area contributed by atoms with Crippen LogP contribution in [0.4, 0.5) is 0 Å². The fourth-order valence-electron chi connectivity index (χ4n) is 1.21. The van der Waals surface area contributed by atoms with Crippen LogP contribution in [0.15, 0.2) is 0 Å². The summed E-state index contributed by atoms with van der Waals surface area (Å²) in [6, 6.07) is 0. The average molecular weight is 185 g/mol. The molecule has 1 saturated heterocycles. The number of nitrogens with zero attached hydrogens (tertiary/aromatic N) is 1. The van der Waals surface area contributed by atoms with E-state index in [1.54, 1.807) is 0 Å². The molecule has 0 radical (unpaired) electrons. The Kier molecular flexibility index (Phi) is 3.10. The molecule has 0 aliphatic carbocycles. The third-order valence-electron chi connectivity index (χ3n) is 2.30. The Bertz CT molecular complexity index is 165. The van der Waals surface area contributed by atoms with Gasteiger partial charge in [0.15, 0.2) is 0 Å². The van der Waals surface area contributed by atoms with Crippen LogP contribution in [0, 0.1) is 5.41 Å². The lowest BCUT2D eigenvalue weighted by Crippen LogP contribution is -2.41. The van der Waals surface area contributed by atoms with Crippen molar-refractivity contribution < 1.29 is 0 Å². The molecule has 1 rings (SSSR count). The summed E-state index contributed by atoms with van der Waals surface area (Å²) in [5.74, 6) is 0. The van der Waals surface area contributed by atoms with Crippen LogP contribution in [0.2, 0.25) is 0 Å². The van der Waals surface area contributed by atoms with Gasteiger partial charge >= 0.3 is 0 Å². The first-order chi connectivity index (χ1) is 5.49. The summed E-state index contributed by atoms with van der Waals surface area (Å²) >= 11 is 5.32. The first-order valence-corrected chi connectivity index (χ1v) is 5.18. The number of hydrogen-bond donors (Lipinski definition) is 0. The average Bonchev–Trinajstić information content (AvgIpc) is 1.78. The second-order valence-electron chi connectivity index (χ2n) is 4.80. The molecule has 1 nitrogen and oxygen atoms in total. The molecule has 0 bridgehead atoms. The first kappa shape index (κ1) is 9.97. The minimum Gasteiger partial charge on any atom is -0.366 e. The van der Waals surface area contributed by atoms with Crippen LogP contribution in [0.25, 0.3) is 0 Å². The first-order valence-electron chi connectivity index (χ1n) is 4.77. The van der Waals surface area contributed by atoms with Crippen LogP contribution in [0.3, 0.4) is 0 Å². The van der Waals surface area contributed by atoms with Crippen molar-refractivity contribution in [1.82, 2.24) is 4.90 Å². The summed E-state index contributed by atoms with van der Waals surface area (Å²) in [4.78, 5) is 3.50. The van der Waals surface area contributed by atoms with Crippen LogP contribution < -0.4 is 0 Å². The summed E-state index contributed by atoms with van der Waals surface area (Å²) in [5, 5.41) is 0. The molecule has 0 N–H and O–H groups in total. The number of rotatable bonds is 2. The van der Waals surface area contributed by atoms with Crippen molar-refractivity contribution in [3.8, 4) is 0 Å². The summed E-state index contributed by atoms with van der Waals surface area (Å²) in [6.45, 7) is 9.20. The lowest BCUT2D eigenvalue weighted by atomic mass is 9.90. The molecule has 0 aromatic rings. The van der Waals surface area contributed by atoms with E-state index in [2.05, 4.69) is 25.7 Å². The van der Waals surface area contributed by atoms with Crippen molar-refractivity contribution in [2.24, 2.45) is 5.41 Å². The van der Waals surface area contributed by atoms with Crippen LogP contribution in [-0.4, -0.2) is 23.0 Å². The number of hydrogen-bond acceptors (Lipinski definition) is 1. The Morgan fingerprint density at radius 2 is 1.92 bits per heavy atom. The monoisotopic (exact) mass is 185 g/mol. The smallest absolute Gasteiger partial charge is 0.0779 e. The zero-order valence-electron chi connectivity index (χ0n) is 8.39. The number of thiocarbonyl (C=S) groups is 1. The molecule has 0 atom stereocenters. The van der Waals surface area contributed by atoms with Gasteiger partial charge in [0.2, 0.25) is 0 Å². The fourth-order valence-corrected chi connectivity index (χ4v) is 1.49. The van der Waals surface area contributed by atoms with Crippen LogP contribution in [0.1, 0.15) is 40.0 Å². The molecule has 70 valence electrons. The fraction of sp³-hybridized carbons (Fsp3) is 0.900. The third kappa shape index (κ3) is 3.10. The zero-order chi connectivity index (χ0) is 9.19. The standard InChI is InChI=1S/C10H19NS/c1-10(2,3)6-5-9(12)11-7-4-8-11/h4-8H2,1-3H3. The summed E-state index contributed by atoms with van der Waals surface area (Å²) in [7, 11) is 0. The minimum absolute atomic E-state index is 0.426. The molecule has 1 aliphatic rings. The maximum atomic E-state index is 5.32. The Hall–Kier alpha value is -0.110. The number of likely N-dealkylation sites (tertiary alicyclic amines) is 1. The quantitative estimate of drug-likeness (QED) is 0.609. The van der Waals surface area contributed by atoms with Gasteiger partial charge in [-0.15, -0.1) is 0 Å². The van der Waals surface area contributed by atoms with Crippen molar-refractivity contribution in [2.45, 2.75) is 40.0 Å². The van der Waals surface area contributed by atoms with E-state index in [0.717, 1.165) is 6.42 Å². The summed E-state index contributed by atoms with van der Waals surface area (Å²) < 4.78 is 0. The normalized spacial score (nSPS) is 17.4. The van der Waals surface area contributed by atoms with Gasteiger partial charge in [-0.25, -0.2) is 0 Å². The Morgan fingerprint density at radius 1 is 1.33 bits per heavy atom. The van der Waals surface area contributed by atoms with E-state index >= 15 is 0 Å². The molecular formula is C10H19NS. The van der Waals surface area contributed by atoms with Gasteiger partial charge < -0.3 is 4.90 Å². The van der Waals surface area contributed by atoms with Gasteiger partial charge in [-0.1, -0.05) is 33.0 Å². The van der Waals surface area contributed by atoms with E-state index < -0.39 is 0 Å². The van der Waals surface area contributed by atoms with E-state index in [1.807, 2.05) is 0 Å². The zero-order valence-corrected chi connectivity index (χ0v) is 9.21. The lowest BCUT2D eigenvalue weighted by molar-refractivity contribution is 0.292. The van der Waals surface area contributed by atoms with Crippen molar-refractivity contribution in [1.29, 1.82) is 0 Å². The topological polar surface area (TPSA) is 3.24 Å². The van der Waals surface area contributed by atoms with Crippen molar-refractivity contribution in [3.63, 3.8) is 0 Å². The molecule has 0 amide bonds. The molecule has 0 aromatic heterocycles. The highest BCUT2D eigenvalue weighted by Crippen LogP contribution is 2.22. The Morgan fingerprint density at radius 3 is 2.25 bits per heavy atom. The van der Waals surface area contributed by atoms with Gasteiger partial charge in [0.1, 0.15) is 0 Å². The highest BCUT2D eigenvalue weighted by atomic mass is 32.1. The molecular weight excluding hydrogens is 166 g/mol. The van der Waals surface area contributed by atoms with Gasteiger partial charge in [-0.2, -0.15) is 0 Å². The largest absolute Gasteiger partial charge is 0.366 e. The maximum absolute atomic E-state index is 5.32. The van der Waals surface area contributed by atoms with E-state index in [-0.39, 0.29) is 0 Å². The molecule has 0 aromatic carbocycles. The van der Waals surface area contributed by atoms with Crippen LogP contribution in [-0.2, 0) is 0 Å². The highest BCUT2D eigenvalue weighted by Gasteiger charge is 2.18. The second-order valence-corrected chi connectivity index (χ2v) is 5.27. The predicted molar refractivity (Wildman–Crippen MR) is 57.5 cm³/mol. The van der Waals surface area contributed by atoms with Crippen molar-refractivity contribution in [2.75, 3.05) is 13.1 Å². The Labute approximate surface area is 81.1 Å². The second kappa shape index (κ2) is 3.73. The Balaban J connectivity index is 2.18. The van der Waals surface area contributed by atoms with Gasteiger partial charge in [-0.05, 0) is 24.7 Å². The van der Waals surface area contributed by atoms with Crippen molar-refractivity contribution in [3.05, 3.63) is 0 Å². The van der Waals surface area contributed by atoms with Crippen LogP contribution >= 0.6 is 12.2 Å². The van der Waals surface area contributed by atoms with Gasteiger partial charge in [0.25, 0.3) is 0 Å². The molecule has 1 aliphatic heterocycles. The van der Waals surface area contributed by atoms with Gasteiger partial charge in [0, 0.05) is 13.1 Å². The minimum atomic E-state index is 0.426. The van der Waals surface area contributed by atoms with E-state index in [1.165, 1.54) is 30.9 Å². The van der Waals surface area contributed by atoms with E-state index in [9.17, 15) is 0 Å². The summed E-state index contributed by atoms with van der Waals surface area (Å²) in [5.41, 5.74) is 0.426. The third-order valence-corrected chi connectivity index (χ3v) is 2.76. The summed E-state index contributed by atoms with van der Waals surface area (Å²) in [6.07, 6.45) is 3.64. The van der Waals surface area contributed by atoms with E-state index in [0.29, 0.717) is 5.41 Å². The highest BCUT2D eigenvalue weighted by molar-refractivity contribution is 7.80. The molecule has 0 spiro atoms.